The summed E-state index contributed by atoms with van der Waals surface area (Å²) in [4.78, 5) is 40.0. The number of nitrogens with zero attached hydrogens (tertiary/aromatic N) is 5. The summed E-state index contributed by atoms with van der Waals surface area (Å²) in [7, 11) is -2.21. The number of aliphatic carboxylic acids is 1. The first-order valence-corrected chi connectivity index (χ1v) is 15.5. The van der Waals surface area contributed by atoms with Crippen molar-refractivity contribution in [3.63, 3.8) is 0 Å². The Bertz CT molecular complexity index is 1940. The predicted octanol–water partition coefficient (Wildman–Crippen LogP) is -1.09. The molecule has 246 valence electrons. The fourth-order valence-corrected chi connectivity index (χ4v) is 5.52. The normalized spacial score (nSPS) is 13.6. The summed E-state index contributed by atoms with van der Waals surface area (Å²) in [6.07, 6.45) is 0.856. The summed E-state index contributed by atoms with van der Waals surface area (Å²) < 4.78 is 38.9. The maximum Gasteiger partial charge on any atom is 1.00 e. The number of carbonyl (C=O) groups is 2. The van der Waals surface area contributed by atoms with Crippen molar-refractivity contribution in [2.24, 2.45) is 16.6 Å². The minimum atomic E-state index is -4.61. The average Bonchev–Trinajstić information content (AvgIpc) is 3.67. The van der Waals surface area contributed by atoms with Crippen LogP contribution in [0.4, 0.5) is 0 Å². The van der Waals surface area contributed by atoms with E-state index in [9.17, 15) is 27.9 Å². The molecule has 0 atom stereocenters. The van der Waals surface area contributed by atoms with Crippen LogP contribution in [0.1, 0.15) is 41.3 Å². The zero-order valence-corrected chi connectivity index (χ0v) is 29.3. The number of hydrogen-bond acceptors (Lipinski definition) is 11. The Morgan fingerprint density at radius 2 is 1.58 bits per heavy atom. The van der Waals surface area contributed by atoms with E-state index in [0.717, 1.165) is 28.9 Å². The van der Waals surface area contributed by atoms with E-state index in [4.69, 9.17) is 14.7 Å². The molecule has 0 amide bonds. The molecular formula is C31H30N5NaO10S. The van der Waals surface area contributed by atoms with Crippen LogP contribution in [0.3, 0.4) is 0 Å². The monoisotopic (exact) mass is 687 g/mol. The van der Waals surface area contributed by atoms with E-state index >= 15 is 0 Å². The number of benzene rings is 3. The Morgan fingerprint density at radius 1 is 1.02 bits per heavy atom. The van der Waals surface area contributed by atoms with Gasteiger partial charge in [0, 0.05) is 18.2 Å². The molecule has 1 aromatic heterocycles. The van der Waals surface area contributed by atoms with E-state index in [1.54, 1.807) is 0 Å². The number of hydrogen-bond donors (Lipinski definition) is 1. The summed E-state index contributed by atoms with van der Waals surface area (Å²) in [5.74, 6) is -1.96. The first-order valence-electron chi connectivity index (χ1n) is 14.0. The van der Waals surface area contributed by atoms with Crippen LogP contribution in [0.5, 0.6) is 6.01 Å². The number of rotatable bonds is 9. The van der Waals surface area contributed by atoms with Crippen LogP contribution in [0, 0.1) is 0 Å². The van der Waals surface area contributed by atoms with Crippen molar-refractivity contribution in [1.82, 2.24) is 14.3 Å². The quantitative estimate of drug-likeness (QED) is 0.0969. The first kappa shape index (κ1) is 37.7. The second-order valence-corrected chi connectivity index (χ2v) is 11.5. The van der Waals surface area contributed by atoms with Crippen LogP contribution in [-0.4, -0.2) is 65.3 Å². The molecule has 1 aliphatic heterocycles. The Morgan fingerprint density at radius 3 is 2.10 bits per heavy atom. The van der Waals surface area contributed by atoms with Crippen molar-refractivity contribution in [2.75, 3.05) is 13.7 Å². The van der Waals surface area contributed by atoms with Crippen LogP contribution in [-0.2, 0) is 37.0 Å². The molecule has 2 heterocycles. The van der Waals surface area contributed by atoms with Gasteiger partial charge in [0.05, 0.1) is 25.7 Å². The summed E-state index contributed by atoms with van der Waals surface area (Å²) in [6.45, 7) is 2.08. The van der Waals surface area contributed by atoms with E-state index in [2.05, 4.69) is 19.4 Å². The smallest absolute Gasteiger partial charge is 0.844 e. The molecule has 48 heavy (non-hydrogen) atoms. The van der Waals surface area contributed by atoms with Crippen molar-refractivity contribution in [1.29, 1.82) is 0 Å². The SMILES string of the molecule is CCCOc1nn(/C([O-])=N/S(=O)(=O)c2ccccc2C(=O)OC)c(=O)n1C.O=C(O)C1=NOC(c2ccccc2)(c2ccccc2)C1.[Na+]. The molecule has 5 rings (SSSR count). The number of oxime groups is 1. The standard InChI is InChI=1S/C16H13NO3.C15H18N4O7S.Na/c18-15(19)14-11-16(20-17-14,12-7-3-1-4-8-12)13-9-5-2-6-10-13;1-4-9-26-14-16-19(15(22)18(14)2)13(21)17-27(23,24)11-8-6-5-7-10(11)12(20)25-3;/h1-10H,11H2,(H,18,19);5-8H,4,9H2,1-3H3,(H,17,21);/q;;+1/p-1. The molecule has 0 bridgehead atoms. The van der Waals surface area contributed by atoms with Gasteiger partial charge in [0.25, 0.3) is 10.0 Å². The van der Waals surface area contributed by atoms with Crippen LogP contribution >= 0.6 is 0 Å². The van der Waals surface area contributed by atoms with E-state index < -0.39 is 44.2 Å². The molecule has 0 saturated carbocycles. The zero-order chi connectivity index (χ0) is 34.2. The molecule has 0 radical (unpaired) electrons. The van der Waals surface area contributed by atoms with Crippen molar-refractivity contribution >= 4 is 33.7 Å². The molecule has 0 aliphatic carbocycles. The van der Waals surface area contributed by atoms with Gasteiger partial charge in [0.1, 0.15) is 10.9 Å². The van der Waals surface area contributed by atoms with Crippen molar-refractivity contribution in [3.05, 3.63) is 112 Å². The summed E-state index contributed by atoms with van der Waals surface area (Å²) in [6, 6.07) is 22.6. The Labute approximate surface area is 297 Å². The van der Waals surface area contributed by atoms with Crippen molar-refractivity contribution < 1.29 is 72.1 Å². The molecule has 1 aliphatic rings. The third-order valence-electron chi connectivity index (χ3n) is 6.78. The molecule has 0 unspecified atom stereocenters. The van der Waals surface area contributed by atoms with Gasteiger partial charge in [0.2, 0.25) is 0 Å². The van der Waals surface area contributed by atoms with Gasteiger partial charge in [-0.15, -0.1) is 5.10 Å². The van der Waals surface area contributed by atoms with Gasteiger partial charge in [-0.1, -0.05) is 84.9 Å². The van der Waals surface area contributed by atoms with Crippen LogP contribution in [0.15, 0.2) is 104 Å². The van der Waals surface area contributed by atoms with Gasteiger partial charge in [-0.3, -0.25) is 0 Å². The molecule has 4 aromatic rings. The number of sulfonamides is 1. The zero-order valence-electron chi connectivity index (χ0n) is 26.5. The number of carbonyl (C=O) groups excluding carboxylic acids is 1. The minimum absolute atomic E-state index is 0. The van der Waals surface area contributed by atoms with Crippen LogP contribution < -0.4 is 45.1 Å². The van der Waals surface area contributed by atoms with Crippen molar-refractivity contribution in [2.45, 2.75) is 30.3 Å². The largest absolute Gasteiger partial charge is 1.00 e. The van der Waals surface area contributed by atoms with Gasteiger partial charge in [-0.25, -0.2) is 19.0 Å². The Kier molecular flexibility index (Phi) is 12.8. The van der Waals surface area contributed by atoms with E-state index in [0.29, 0.717) is 6.42 Å². The van der Waals surface area contributed by atoms with Gasteiger partial charge >= 0.3 is 53.2 Å². The Hall–Kier alpha value is -4.77. The summed E-state index contributed by atoms with van der Waals surface area (Å²) in [5.41, 5.74) is -0.241. The molecule has 15 nitrogen and oxygen atoms in total. The molecule has 3 aromatic carbocycles. The number of carboxylic acid groups (broad SMARTS) is 1. The number of ether oxygens (including phenoxy) is 2. The maximum absolute atomic E-state index is 12.5. The van der Waals surface area contributed by atoms with E-state index in [1.807, 2.05) is 67.6 Å². The third-order valence-corrected chi connectivity index (χ3v) is 8.09. The molecular weight excluding hydrogens is 657 g/mol. The Balaban J connectivity index is 0.000000265. The fourth-order valence-electron chi connectivity index (χ4n) is 4.46. The first-order chi connectivity index (χ1) is 22.4. The van der Waals surface area contributed by atoms with Gasteiger partial charge < -0.3 is 24.5 Å². The summed E-state index contributed by atoms with van der Waals surface area (Å²) >= 11 is 0. The maximum atomic E-state index is 12.5. The second-order valence-electron chi connectivity index (χ2n) is 9.89. The van der Waals surface area contributed by atoms with Gasteiger partial charge in [-0.2, -0.15) is 17.5 Å². The van der Waals surface area contributed by atoms with E-state index in [1.165, 1.54) is 25.2 Å². The fraction of sp³-hybridized carbons (Fsp3) is 0.226. The molecule has 0 spiro atoms. The topological polar surface area (TPSA) is 204 Å². The molecule has 17 heteroatoms. The van der Waals surface area contributed by atoms with Crippen LogP contribution in [0.2, 0.25) is 0 Å². The predicted molar refractivity (Wildman–Crippen MR) is 165 cm³/mol. The van der Waals surface area contributed by atoms with Crippen molar-refractivity contribution in [3.8, 4) is 6.01 Å². The molecule has 0 fully saturated rings. The molecule has 0 saturated heterocycles. The number of aromatic nitrogens is 3. The number of carboxylic acids is 1. The van der Waals surface area contributed by atoms with E-state index in [-0.39, 0.29) is 64.6 Å². The second kappa shape index (κ2) is 16.4. The number of esters is 1. The summed E-state index contributed by atoms with van der Waals surface area (Å²) in [5, 5.41) is 28.7. The van der Waals surface area contributed by atoms with Gasteiger partial charge in [0.15, 0.2) is 11.3 Å². The molecule has 1 N–H and O–H groups in total. The number of methoxy groups -OCH3 is 1. The van der Waals surface area contributed by atoms with Gasteiger partial charge in [-0.05, 0) is 18.6 Å². The minimum Gasteiger partial charge on any atom is -0.844 e. The average molecular weight is 688 g/mol. The van der Waals surface area contributed by atoms with Crippen LogP contribution in [0.25, 0.3) is 0 Å². The third kappa shape index (κ3) is 8.20.